The van der Waals surface area contributed by atoms with Gasteiger partial charge in [0.25, 0.3) is 0 Å². The second kappa shape index (κ2) is 10.4. The zero-order valence-electron chi connectivity index (χ0n) is 18.2. The van der Waals surface area contributed by atoms with Crippen molar-refractivity contribution in [2.75, 3.05) is 45.1 Å². The number of hydrogen-bond donors (Lipinski definition) is 1. The lowest BCUT2D eigenvalue weighted by atomic mass is 10.2. The van der Waals surface area contributed by atoms with Crippen molar-refractivity contribution in [2.24, 2.45) is 0 Å². The summed E-state index contributed by atoms with van der Waals surface area (Å²) in [6.45, 7) is 8.18. The van der Waals surface area contributed by atoms with Gasteiger partial charge in [0.1, 0.15) is 0 Å². The van der Waals surface area contributed by atoms with Crippen LogP contribution in [0.4, 0.5) is 5.69 Å². The molecule has 1 N–H and O–H groups in total. The van der Waals surface area contributed by atoms with E-state index in [1.165, 1.54) is 5.56 Å². The van der Waals surface area contributed by atoms with E-state index in [9.17, 15) is 9.59 Å². The molecule has 1 unspecified atom stereocenters. The third-order valence-electron chi connectivity index (χ3n) is 5.72. The topological polar surface area (TPSA) is 55.9 Å². The van der Waals surface area contributed by atoms with E-state index >= 15 is 0 Å². The number of anilines is 1. The number of carbonyl (C=O) groups is 2. The third kappa shape index (κ3) is 6.15. The van der Waals surface area contributed by atoms with Crippen molar-refractivity contribution in [2.45, 2.75) is 26.4 Å². The van der Waals surface area contributed by atoms with Gasteiger partial charge >= 0.3 is 0 Å². The minimum Gasteiger partial charge on any atom is -0.339 e. The Kier molecular flexibility index (Phi) is 7.60. The van der Waals surface area contributed by atoms with E-state index in [2.05, 4.69) is 34.5 Å². The van der Waals surface area contributed by atoms with Crippen molar-refractivity contribution in [3.05, 3.63) is 65.7 Å². The Labute approximate surface area is 179 Å². The standard InChI is InChI=1S/C24H32N4O2/c1-19-9-11-22(12-10-19)25-24(30)20(2)26(3)18-23(29)28-15-13-27(14-16-28)17-21-7-5-4-6-8-21/h4-12,20H,13-18H2,1-3H3,(H,25,30). The molecule has 0 radical (unpaired) electrons. The molecule has 6 nitrogen and oxygen atoms in total. The number of amides is 2. The summed E-state index contributed by atoms with van der Waals surface area (Å²) in [6.07, 6.45) is 0. The molecule has 0 aliphatic carbocycles. The Morgan fingerprint density at radius 2 is 1.63 bits per heavy atom. The highest BCUT2D eigenvalue weighted by atomic mass is 16.2. The van der Waals surface area contributed by atoms with Crippen molar-refractivity contribution in [3.63, 3.8) is 0 Å². The van der Waals surface area contributed by atoms with Crippen LogP contribution in [0.25, 0.3) is 0 Å². The molecule has 0 saturated carbocycles. The molecular weight excluding hydrogens is 376 g/mol. The van der Waals surface area contributed by atoms with E-state index in [1.807, 2.05) is 61.0 Å². The van der Waals surface area contributed by atoms with E-state index in [0.717, 1.165) is 44.0 Å². The monoisotopic (exact) mass is 408 g/mol. The molecule has 1 heterocycles. The largest absolute Gasteiger partial charge is 0.339 e. The van der Waals surface area contributed by atoms with Gasteiger partial charge in [-0.05, 0) is 38.6 Å². The number of rotatable bonds is 7. The van der Waals surface area contributed by atoms with E-state index in [0.29, 0.717) is 0 Å². The van der Waals surface area contributed by atoms with Gasteiger partial charge < -0.3 is 10.2 Å². The van der Waals surface area contributed by atoms with Gasteiger partial charge in [-0.2, -0.15) is 0 Å². The maximum Gasteiger partial charge on any atom is 0.241 e. The molecule has 0 spiro atoms. The van der Waals surface area contributed by atoms with Crippen LogP contribution in [0.3, 0.4) is 0 Å². The van der Waals surface area contributed by atoms with Crippen LogP contribution in [0, 0.1) is 6.92 Å². The maximum absolute atomic E-state index is 12.7. The molecule has 2 amide bonds. The lowest BCUT2D eigenvalue weighted by Gasteiger charge is -2.36. The van der Waals surface area contributed by atoms with E-state index in [-0.39, 0.29) is 18.4 Å². The molecule has 2 aromatic rings. The number of benzene rings is 2. The highest BCUT2D eigenvalue weighted by Crippen LogP contribution is 2.11. The van der Waals surface area contributed by atoms with Crippen LogP contribution in [0.1, 0.15) is 18.1 Å². The molecule has 1 fully saturated rings. The van der Waals surface area contributed by atoms with Crippen LogP contribution in [0.15, 0.2) is 54.6 Å². The summed E-state index contributed by atoms with van der Waals surface area (Å²) in [5, 5.41) is 2.92. The Bertz CT molecular complexity index is 830. The molecule has 1 aliphatic heterocycles. The molecule has 30 heavy (non-hydrogen) atoms. The molecule has 1 atom stereocenters. The average Bonchev–Trinajstić information content (AvgIpc) is 2.76. The van der Waals surface area contributed by atoms with Gasteiger partial charge in [-0.25, -0.2) is 0 Å². The van der Waals surface area contributed by atoms with Crippen LogP contribution >= 0.6 is 0 Å². The molecule has 1 saturated heterocycles. The van der Waals surface area contributed by atoms with Gasteiger partial charge in [-0.3, -0.25) is 19.4 Å². The van der Waals surface area contributed by atoms with Crippen LogP contribution in [0.2, 0.25) is 0 Å². The maximum atomic E-state index is 12.7. The normalized spacial score (nSPS) is 15.8. The summed E-state index contributed by atoms with van der Waals surface area (Å²) < 4.78 is 0. The second-order valence-corrected chi connectivity index (χ2v) is 8.09. The second-order valence-electron chi connectivity index (χ2n) is 8.09. The first-order chi connectivity index (χ1) is 14.4. The summed E-state index contributed by atoms with van der Waals surface area (Å²) in [5.74, 6) is -0.0336. The molecule has 1 aliphatic rings. The molecular formula is C24H32N4O2. The average molecular weight is 409 g/mol. The molecule has 3 rings (SSSR count). The van der Waals surface area contributed by atoms with Crippen molar-refractivity contribution in [1.29, 1.82) is 0 Å². The fourth-order valence-corrected chi connectivity index (χ4v) is 3.53. The van der Waals surface area contributed by atoms with Crippen LogP contribution in [0.5, 0.6) is 0 Å². The van der Waals surface area contributed by atoms with E-state index in [4.69, 9.17) is 0 Å². The quantitative estimate of drug-likeness (QED) is 0.765. The highest BCUT2D eigenvalue weighted by Gasteiger charge is 2.25. The zero-order chi connectivity index (χ0) is 21.5. The Hall–Kier alpha value is -2.70. The smallest absolute Gasteiger partial charge is 0.241 e. The van der Waals surface area contributed by atoms with Crippen LogP contribution < -0.4 is 5.32 Å². The number of nitrogens with zero attached hydrogens (tertiary/aromatic N) is 3. The Balaban J connectivity index is 1.43. The van der Waals surface area contributed by atoms with Gasteiger partial charge in [0.15, 0.2) is 0 Å². The van der Waals surface area contributed by atoms with Gasteiger partial charge in [0, 0.05) is 38.4 Å². The summed E-state index contributed by atoms with van der Waals surface area (Å²) in [4.78, 5) is 31.3. The van der Waals surface area contributed by atoms with E-state index in [1.54, 1.807) is 0 Å². The fourth-order valence-electron chi connectivity index (χ4n) is 3.53. The first-order valence-electron chi connectivity index (χ1n) is 10.5. The number of nitrogens with one attached hydrogen (secondary N) is 1. The molecule has 6 heteroatoms. The summed E-state index contributed by atoms with van der Waals surface area (Å²) in [5.41, 5.74) is 3.21. The fraction of sp³-hybridized carbons (Fsp3) is 0.417. The van der Waals surface area contributed by atoms with Gasteiger partial charge in [-0.1, -0.05) is 48.0 Å². The van der Waals surface area contributed by atoms with Gasteiger partial charge in [-0.15, -0.1) is 0 Å². The number of carbonyl (C=O) groups excluding carboxylic acids is 2. The molecule has 0 bridgehead atoms. The first kappa shape index (κ1) is 22.0. The molecule has 0 aromatic heterocycles. The predicted molar refractivity (Wildman–Crippen MR) is 120 cm³/mol. The first-order valence-corrected chi connectivity index (χ1v) is 10.5. The zero-order valence-corrected chi connectivity index (χ0v) is 18.2. The number of aryl methyl sites for hydroxylation is 1. The van der Waals surface area contributed by atoms with Crippen molar-refractivity contribution < 1.29 is 9.59 Å². The van der Waals surface area contributed by atoms with Gasteiger partial charge in [0.2, 0.25) is 11.8 Å². The Morgan fingerprint density at radius 3 is 2.27 bits per heavy atom. The van der Waals surface area contributed by atoms with Crippen LogP contribution in [-0.2, 0) is 16.1 Å². The molecule has 2 aromatic carbocycles. The van der Waals surface area contributed by atoms with Crippen molar-refractivity contribution in [1.82, 2.24) is 14.7 Å². The predicted octanol–water partition coefficient (Wildman–Crippen LogP) is 2.60. The molecule has 160 valence electrons. The van der Waals surface area contributed by atoms with Gasteiger partial charge in [0.05, 0.1) is 12.6 Å². The summed E-state index contributed by atoms with van der Waals surface area (Å²) in [6, 6.07) is 17.7. The number of piperazine rings is 1. The Morgan fingerprint density at radius 1 is 1.00 bits per heavy atom. The van der Waals surface area contributed by atoms with Crippen molar-refractivity contribution in [3.8, 4) is 0 Å². The number of hydrogen-bond acceptors (Lipinski definition) is 4. The minimum atomic E-state index is -0.394. The lowest BCUT2D eigenvalue weighted by molar-refractivity contribution is -0.135. The SMILES string of the molecule is Cc1ccc(NC(=O)C(C)N(C)CC(=O)N2CCN(Cc3ccccc3)CC2)cc1. The summed E-state index contributed by atoms with van der Waals surface area (Å²) >= 11 is 0. The minimum absolute atomic E-state index is 0.0758. The summed E-state index contributed by atoms with van der Waals surface area (Å²) in [7, 11) is 1.82. The van der Waals surface area contributed by atoms with E-state index < -0.39 is 6.04 Å². The highest BCUT2D eigenvalue weighted by molar-refractivity contribution is 5.94. The van der Waals surface area contributed by atoms with Crippen molar-refractivity contribution >= 4 is 17.5 Å². The lowest BCUT2D eigenvalue weighted by Crippen LogP contribution is -2.52. The third-order valence-corrected chi connectivity index (χ3v) is 5.72. The number of likely N-dealkylation sites (N-methyl/N-ethyl adjacent to an activating group) is 1. The van der Waals surface area contributed by atoms with Crippen LogP contribution in [-0.4, -0.2) is 72.3 Å².